The number of carbonyl (C=O) groups is 2. The van der Waals surface area contributed by atoms with E-state index < -0.39 is 26.8 Å². The van der Waals surface area contributed by atoms with Crippen LogP contribution in [0.2, 0.25) is 0 Å². The van der Waals surface area contributed by atoms with Crippen molar-refractivity contribution in [1.82, 2.24) is 10.2 Å². The second-order valence-electron chi connectivity index (χ2n) is 12.5. The van der Waals surface area contributed by atoms with Gasteiger partial charge in [0.25, 0.3) is 15.9 Å². The van der Waals surface area contributed by atoms with Gasteiger partial charge >= 0.3 is 0 Å². The lowest BCUT2D eigenvalue weighted by molar-refractivity contribution is -0.130. The Bertz CT molecular complexity index is 1680. The highest BCUT2D eigenvalue weighted by Crippen LogP contribution is 2.59. The first-order valence-electron chi connectivity index (χ1n) is 14.6. The first-order valence-corrected chi connectivity index (χ1v) is 16.1. The van der Waals surface area contributed by atoms with Gasteiger partial charge in [-0.2, -0.15) is 0 Å². The van der Waals surface area contributed by atoms with Gasteiger partial charge in [0.2, 0.25) is 5.91 Å². The van der Waals surface area contributed by atoms with Gasteiger partial charge in [0.15, 0.2) is 0 Å². The standard InChI is InChI=1S/C33H35F2N3O4S/c1-21(39)37-18-16-33(17-19-37)28-20-23(31(40)36-32(2,3)24-7-9-25(34)10-8-24)6-15-29(28)38(30(33)22-4-5-22)43(41,42)27-13-11-26(35)12-14-27/h6-15,20,22,30H,4-5,16-19H2,1-3H3,(H,36,40). The number of likely N-dealkylation sites (tertiary alicyclic amines) is 1. The fraction of sp³-hybridized carbons (Fsp3) is 0.394. The Balaban J connectivity index is 1.43. The van der Waals surface area contributed by atoms with Gasteiger partial charge in [-0.1, -0.05) is 12.1 Å². The number of halogens is 2. The predicted molar refractivity (Wildman–Crippen MR) is 159 cm³/mol. The summed E-state index contributed by atoms with van der Waals surface area (Å²) in [6.07, 6.45) is 2.88. The molecular formula is C33H35F2N3O4S. The molecule has 1 atom stereocenters. The van der Waals surface area contributed by atoms with Gasteiger partial charge in [-0.15, -0.1) is 0 Å². The summed E-state index contributed by atoms with van der Waals surface area (Å²) in [6.45, 7) is 6.18. The molecule has 1 spiro atoms. The number of anilines is 1. The summed E-state index contributed by atoms with van der Waals surface area (Å²) >= 11 is 0. The number of amides is 2. The number of carbonyl (C=O) groups excluding carboxylic acids is 2. The second-order valence-corrected chi connectivity index (χ2v) is 14.3. The minimum atomic E-state index is -4.07. The largest absolute Gasteiger partial charge is 0.343 e. The maximum atomic E-state index is 14.3. The van der Waals surface area contributed by atoms with Crippen LogP contribution in [0.4, 0.5) is 14.5 Å². The Morgan fingerprint density at radius 3 is 2.05 bits per heavy atom. The lowest BCUT2D eigenvalue weighted by Crippen LogP contribution is -2.54. The van der Waals surface area contributed by atoms with Gasteiger partial charge in [0.1, 0.15) is 11.6 Å². The van der Waals surface area contributed by atoms with Crippen LogP contribution in [0.25, 0.3) is 0 Å². The Morgan fingerprint density at radius 2 is 1.49 bits per heavy atom. The molecule has 3 aromatic carbocycles. The van der Waals surface area contributed by atoms with Gasteiger partial charge in [0.05, 0.1) is 22.2 Å². The zero-order chi connectivity index (χ0) is 30.7. The third kappa shape index (κ3) is 5.09. The zero-order valence-corrected chi connectivity index (χ0v) is 25.3. The Kier molecular flexibility index (Phi) is 7.11. The smallest absolute Gasteiger partial charge is 0.264 e. The highest BCUT2D eigenvalue weighted by molar-refractivity contribution is 7.92. The number of fused-ring (bicyclic) bond motifs is 2. The monoisotopic (exact) mass is 607 g/mol. The third-order valence-corrected chi connectivity index (χ3v) is 11.2. The molecule has 3 aromatic rings. The van der Waals surface area contributed by atoms with Gasteiger partial charge in [0, 0.05) is 31.0 Å². The van der Waals surface area contributed by atoms with E-state index in [9.17, 15) is 26.8 Å². The van der Waals surface area contributed by atoms with E-state index in [0.29, 0.717) is 37.2 Å². The van der Waals surface area contributed by atoms with Crippen LogP contribution in [0, 0.1) is 17.6 Å². The molecule has 10 heteroatoms. The Labute approximate surface area is 250 Å². The summed E-state index contributed by atoms with van der Waals surface area (Å²) < 4.78 is 57.4. The first kappa shape index (κ1) is 29.3. The average Bonchev–Trinajstić information content (AvgIpc) is 3.77. The first-order chi connectivity index (χ1) is 20.3. The summed E-state index contributed by atoms with van der Waals surface area (Å²) in [5.41, 5.74) is 1.03. The average molecular weight is 608 g/mol. The minimum Gasteiger partial charge on any atom is -0.343 e. The summed E-state index contributed by atoms with van der Waals surface area (Å²) in [4.78, 5) is 27.7. The van der Waals surface area contributed by atoms with E-state index in [1.807, 2.05) is 19.9 Å². The SMILES string of the molecule is CC(=O)N1CCC2(CC1)c1cc(C(=O)NC(C)(C)c3ccc(F)cc3)ccc1N(S(=O)(=O)c1ccc(F)cc1)C2C1CC1. The molecule has 1 N–H and O–H groups in total. The van der Waals surface area contributed by atoms with Crippen molar-refractivity contribution in [3.63, 3.8) is 0 Å². The van der Waals surface area contributed by atoms with Crippen LogP contribution in [0.5, 0.6) is 0 Å². The number of piperidine rings is 1. The molecule has 0 bridgehead atoms. The lowest BCUT2D eigenvalue weighted by atomic mass is 9.68. The van der Waals surface area contributed by atoms with E-state index in [1.54, 1.807) is 29.2 Å². The molecule has 0 aromatic heterocycles. The number of rotatable bonds is 6. The summed E-state index contributed by atoms with van der Waals surface area (Å²) in [7, 11) is -4.07. The summed E-state index contributed by atoms with van der Waals surface area (Å²) in [5, 5.41) is 3.05. The number of hydrogen-bond acceptors (Lipinski definition) is 4. The van der Waals surface area contributed by atoms with E-state index in [4.69, 9.17) is 0 Å². The quantitative estimate of drug-likeness (QED) is 0.401. The Hall–Kier alpha value is -3.79. The van der Waals surface area contributed by atoms with Crippen LogP contribution in [-0.4, -0.2) is 44.3 Å². The van der Waals surface area contributed by atoms with Gasteiger partial charge < -0.3 is 10.2 Å². The van der Waals surface area contributed by atoms with Crippen molar-refractivity contribution in [3.05, 3.63) is 95.1 Å². The molecule has 1 unspecified atom stereocenters. The molecule has 43 heavy (non-hydrogen) atoms. The van der Waals surface area contributed by atoms with Crippen molar-refractivity contribution in [1.29, 1.82) is 0 Å². The van der Waals surface area contributed by atoms with Crippen molar-refractivity contribution < 1.29 is 26.8 Å². The van der Waals surface area contributed by atoms with Crippen LogP contribution in [0.1, 0.15) is 67.9 Å². The molecule has 2 amide bonds. The van der Waals surface area contributed by atoms with Crippen LogP contribution < -0.4 is 9.62 Å². The molecule has 7 nitrogen and oxygen atoms in total. The van der Waals surface area contributed by atoms with Gasteiger partial charge in [-0.25, -0.2) is 17.2 Å². The zero-order valence-electron chi connectivity index (χ0n) is 24.4. The Morgan fingerprint density at radius 1 is 0.907 bits per heavy atom. The van der Waals surface area contributed by atoms with E-state index in [0.717, 1.165) is 36.1 Å². The summed E-state index contributed by atoms with van der Waals surface area (Å²) in [5.74, 6) is -1.12. The van der Waals surface area contributed by atoms with E-state index in [2.05, 4.69) is 5.32 Å². The molecule has 1 aliphatic carbocycles. The molecule has 2 heterocycles. The number of benzene rings is 3. The van der Waals surface area contributed by atoms with Gasteiger partial charge in [-0.05, 0) is 111 Å². The van der Waals surface area contributed by atoms with E-state index in [1.165, 1.54) is 35.5 Å². The maximum Gasteiger partial charge on any atom is 0.264 e. The van der Waals surface area contributed by atoms with Crippen molar-refractivity contribution in [2.75, 3.05) is 17.4 Å². The molecule has 1 saturated carbocycles. The fourth-order valence-electron chi connectivity index (χ4n) is 6.94. The predicted octanol–water partition coefficient (Wildman–Crippen LogP) is 5.50. The molecule has 1 saturated heterocycles. The van der Waals surface area contributed by atoms with Crippen molar-refractivity contribution in [2.45, 2.75) is 68.3 Å². The molecular weight excluding hydrogens is 572 g/mol. The van der Waals surface area contributed by atoms with Crippen molar-refractivity contribution in [3.8, 4) is 0 Å². The summed E-state index contributed by atoms with van der Waals surface area (Å²) in [6, 6.07) is 15.6. The van der Waals surface area contributed by atoms with Crippen molar-refractivity contribution >= 4 is 27.5 Å². The van der Waals surface area contributed by atoms with Crippen LogP contribution in [-0.2, 0) is 25.8 Å². The number of sulfonamides is 1. The molecule has 2 fully saturated rings. The van der Waals surface area contributed by atoms with E-state index in [-0.39, 0.29) is 34.5 Å². The van der Waals surface area contributed by atoms with Gasteiger partial charge in [-0.3, -0.25) is 13.9 Å². The molecule has 2 aliphatic heterocycles. The van der Waals surface area contributed by atoms with E-state index >= 15 is 0 Å². The van der Waals surface area contributed by atoms with Crippen LogP contribution in [0.15, 0.2) is 71.6 Å². The lowest BCUT2D eigenvalue weighted by Gasteiger charge is -2.45. The topological polar surface area (TPSA) is 86.8 Å². The molecule has 0 radical (unpaired) electrons. The number of nitrogens with zero attached hydrogens (tertiary/aromatic N) is 2. The normalized spacial score (nSPS) is 19.8. The van der Waals surface area contributed by atoms with Crippen LogP contribution in [0.3, 0.4) is 0 Å². The van der Waals surface area contributed by atoms with Crippen molar-refractivity contribution in [2.24, 2.45) is 5.92 Å². The minimum absolute atomic E-state index is 0.00610. The fourth-order valence-corrected chi connectivity index (χ4v) is 8.73. The molecule has 3 aliphatic rings. The second kappa shape index (κ2) is 10.4. The highest BCUT2D eigenvalue weighted by atomic mass is 32.2. The van der Waals surface area contributed by atoms with Crippen LogP contribution >= 0.6 is 0 Å². The maximum absolute atomic E-state index is 14.3. The molecule has 226 valence electrons. The highest BCUT2D eigenvalue weighted by Gasteiger charge is 2.60. The number of hydrogen-bond donors (Lipinski definition) is 1. The molecule has 6 rings (SSSR count). The number of nitrogens with one attached hydrogen (secondary N) is 1. The third-order valence-electron chi connectivity index (χ3n) is 9.38.